The first-order valence-corrected chi connectivity index (χ1v) is 4.96. The largest absolute Gasteiger partial charge is 0.508 e. The van der Waals surface area contributed by atoms with Crippen LogP contribution in [0.15, 0.2) is 24.5 Å². The Labute approximate surface area is 83.0 Å². The molecule has 0 saturated heterocycles. The fourth-order valence-corrected chi connectivity index (χ4v) is 1.50. The molecule has 0 aromatic carbocycles. The number of nitrogens with zero attached hydrogens (tertiary/aromatic N) is 2. The Balaban J connectivity index is 2.32. The molecule has 0 radical (unpaired) electrons. The first kappa shape index (κ1) is 9.06. The van der Waals surface area contributed by atoms with E-state index in [-0.39, 0.29) is 5.75 Å². The van der Waals surface area contributed by atoms with Crippen molar-refractivity contribution in [1.29, 1.82) is 0 Å². The lowest BCUT2D eigenvalue weighted by molar-refractivity contribution is 0.475. The van der Waals surface area contributed by atoms with E-state index in [4.69, 9.17) is 0 Å². The molecule has 2 aromatic heterocycles. The van der Waals surface area contributed by atoms with Crippen molar-refractivity contribution in [3.8, 4) is 5.75 Å². The molecule has 2 heterocycles. The van der Waals surface area contributed by atoms with Gasteiger partial charge in [-0.2, -0.15) is 0 Å². The monoisotopic (exact) mass is 190 g/mol. The summed E-state index contributed by atoms with van der Waals surface area (Å²) in [5, 5.41) is 9.26. The average Bonchev–Trinajstić information content (AvgIpc) is 2.56. The molecule has 1 N–H and O–H groups in total. The lowest BCUT2D eigenvalue weighted by Crippen LogP contribution is -1.82. The van der Waals surface area contributed by atoms with E-state index >= 15 is 0 Å². The van der Waals surface area contributed by atoms with E-state index in [0.29, 0.717) is 0 Å². The fraction of sp³-hybridized carbons (Fsp3) is 0.364. The second-order valence-electron chi connectivity index (χ2n) is 3.49. The van der Waals surface area contributed by atoms with Crippen molar-refractivity contribution < 1.29 is 5.11 Å². The molecule has 74 valence electrons. The minimum absolute atomic E-state index is 0.269. The zero-order chi connectivity index (χ0) is 9.97. The summed E-state index contributed by atoms with van der Waals surface area (Å²) in [5.41, 5.74) is 1.91. The van der Waals surface area contributed by atoms with E-state index in [0.717, 1.165) is 24.2 Å². The number of hydrogen-bond donors (Lipinski definition) is 1. The van der Waals surface area contributed by atoms with Crippen LogP contribution < -0.4 is 0 Å². The SMILES string of the molecule is CCCCc1cn2ccc(O)cc2n1. The summed E-state index contributed by atoms with van der Waals surface area (Å²) in [4.78, 5) is 4.41. The Bertz CT molecular complexity index is 434. The summed E-state index contributed by atoms with van der Waals surface area (Å²) >= 11 is 0. The number of hydrogen-bond acceptors (Lipinski definition) is 2. The van der Waals surface area contributed by atoms with Crippen LogP contribution in [0.1, 0.15) is 25.5 Å². The van der Waals surface area contributed by atoms with Crippen LogP contribution in [0.2, 0.25) is 0 Å². The first-order valence-electron chi connectivity index (χ1n) is 4.96. The molecule has 0 aliphatic carbocycles. The van der Waals surface area contributed by atoms with Crippen LogP contribution in [0, 0.1) is 0 Å². The van der Waals surface area contributed by atoms with Crippen LogP contribution in [0.5, 0.6) is 5.75 Å². The van der Waals surface area contributed by atoms with Crippen LogP contribution >= 0.6 is 0 Å². The molecule has 0 fully saturated rings. The van der Waals surface area contributed by atoms with Crippen LogP contribution in [0.4, 0.5) is 0 Å². The maximum absolute atomic E-state index is 9.26. The van der Waals surface area contributed by atoms with Gasteiger partial charge >= 0.3 is 0 Å². The van der Waals surface area contributed by atoms with Gasteiger partial charge in [-0.1, -0.05) is 13.3 Å². The predicted octanol–water partition coefficient (Wildman–Crippen LogP) is 2.38. The van der Waals surface area contributed by atoms with Gasteiger partial charge < -0.3 is 9.51 Å². The van der Waals surface area contributed by atoms with Gasteiger partial charge in [0, 0.05) is 18.5 Å². The Morgan fingerprint density at radius 3 is 3.14 bits per heavy atom. The minimum atomic E-state index is 0.269. The van der Waals surface area contributed by atoms with Crippen molar-refractivity contribution in [1.82, 2.24) is 9.38 Å². The van der Waals surface area contributed by atoms with E-state index in [1.165, 1.54) is 6.42 Å². The third-order valence-corrected chi connectivity index (χ3v) is 2.28. The van der Waals surface area contributed by atoms with Crippen molar-refractivity contribution >= 4 is 5.65 Å². The zero-order valence-electron chi connectivity index (χ0n) is 8.27. The third kappa shape index (κ3) is 1.71. The normalized spacial score (nSPS) is 10.9. The average molecular weight is 190 g/mol. The lowest BCUT2D eigenvalue weighted by atomic mass is 10.2. The highest BCUT2D eigenvalue weighted by molar-refractivity contribution is 5.44. The van der Waals surface area contributed by atoms with Crippen molar-refractivity contribution in [2.24, 2.45) is 0 Å². The first-order chi connectivity index (χ1) is 6.79. The van der Waals surface area contributed by atoms with Crippen LogP contribution in [-0.4, -0.2) is 14.5 Å². The number of pyridine rings is 1. The highest BCUT2D eigenvalue weighted by Gasteiger charge is 2.01. The summed E-state index contributed by atoms with van der Waals surface area (Å²) in [6, 6.07) is 3.34. The van der Waals surface area contributed by atoms with Crippen molar-refractivity contribution in [3.05, 3.63) is 30.2 Å². The second kappa shape index (κ2) is 3.70. The molecule has 0 saturated carbocycles. The standard InChI is InChI=1S/C11H14N2O/c1-2-3-4-9-8-13-6-5-10(14)7-11(13)12-9/h5-8,14H,2-4H2,1H3. The molecule has 14 heavy (non-hydrogen) atoms. The summed E-state index contributed by atoms with van der Waals surface area (Å²) in [7, 11) is 0. The summed E-state index contributed by atoms with van der Waals surface area (Å²) in [5.74, 6) is 0.269. The second-order valence-corrected chi connectivity index (χ2v) is 3.49. The highest BCUT2D eigenvalue weighted by atomic mass is 16.3. The maximum atomic E-state index is 9.26. The molecule has 0 bridgehead atoms. The molecule has 0 aliphatic heterocycles. The van der Waals surface area contributed by atoms with E-state index in [2.05, 4.69) is 11.9 Å². The van der Waals surface area contributed by atoms with Crippen molar-refractivity contribution in [2.75, 3.05) is 0 Å². The number of aryl methyl sites for hydroxylation is 1. The highest BCUT2D eigenvalue weighted by Crippen LogP contribution is 2.13. The molecule has 0 spiro atoms. The molecule has 3 nitrogen and oxygen atoms in total. The van der Waals surface area contributed by atoms with Crippen molar-refractivity contribution in [3.63, 3.8) is 0 Å². The predicted molar refractivity (Wildman–Crippen MR) is 55.5 cm³/mol. The van der Waals surface area contributed by atoms with E-state index in [1.807, 2.05) is 16.8 Å². The van der Waals surface area contributed by atoms with Gasteiger partial charge in [0.05, 0.1) is 5.69 Å². The van der Waals surface area contributed by atoms with Gasteiger partial charge in [0.2, 0.25) is 0 Å². The van der Waals surface area contributed by atoms with Gasteiger partial charge in [0.1, 0.15) is 11.4 Å². The molecule has 0 amide bonds. The Kier molecular flexibility index (Phi) is 2.39. The Morgan fingerprint density at radius 2 is 2.36 bits per heavy atom. The number of fused-ring (bicyclic) bond motifs is 1. The molecule has 0 aliphatic rings. The number of rotatable bonds is 3. The molecule has 2 aromatic rings. The molecule has 2 rings (SSSR count). The summed E-state index contributed by atoms with van der Waals surface area (Å²) in [6.45, 7) is 2.17. The zero-order valence-corrected chi connectivity index (χ0v) is 8.27. The lowest BCUT2D eigenvalue weighted by Gasteiger charge is -1.91. The maximum Gasteiger partial charge on any atom is 0.140 e. The van der Waals surface area contributed by atoms with Crippen LogP contribution in [0.25, 0.3) is 5.65 Å². The van der Waals surface area contributed by atoms with Gasteiger partial charge in [-0.15, -0.1) is 0 Å². The Morgan fingerprint density at radius 1 is 1.50 bits per heavy atom. The number of aromatic nitrogens is 2. The van der Waals surface area contributed by atoms with Gasteiger partial charge in [-0.25, -0.2) is 4.98 Å². The molecule has 0 atom stereocenters. The van der Waals surface area contributed by atoms with Gasteiger partial charge in [-0.05, 0) is 18.9 Å². The summed E-state index contributed by atoms with van der Waals surface area (Å²) < 4.78 is 1.94. The van der Waals surface area contributed by atoms with Crippen LogP contribution in [-0.2, 0) is 6.42 Å². The minimum Gasteiger partial charge on any atom is -0.508 e. The van der Waals surface area contributed by atoms with E-state index in [9.17, 15) is 5.11 Å². The molecule has 0 unspecified atom stereocenters. The molecule has 3 heteroatoms. The number of aromatic hydroxyl groups is 1. The third-order valence-electron chi connectivity index (χ3n) is 2.28. The topological polar surface area (TPSA) is 37.5 Å². The smallest absolute Gasteiger partial charge is 0.140 e. The fourth-order valence-electron chi connectivity index (χ4n) is 1.50. The molecular formula is C11H14N2O. The van der Waals surface area contributed by atoms with Crippen LogP contribution in [0.3, 0.4) is 0 Å². The summed E-state index contributed by atoms with van der Waals surface area (Å²) in [6.07, 6.45) is 7.20. The van der Waals surface area contributed by atoms with Gasteiger partial charge in [0.25, 0.3) is 0 Å². The quantitative estimate of drug-likeness (QED) is 0.806. The van der Waals surface area contributed by atoms with E-state index < -0.39 is 0 Å². The number of unbranched alkanes of at least 4 members (excludes halogenated alkanes) is 1. The van der Waals surface area contributed by atoms with Gasteiger partial charge in [-0.3, -0.25) is 0 Å². The van der Waals surface area contributed by atoms with Gasteiger partial charge in [0.15, 0.2) is 0 Å². The Hall–Kier alpha value is -1.51. The van der Waals surface area contributed by atoms with E-state index in [1.54, 1.807) is 12.1 Å². The van der Waals surface area contributed by atoms with Crippen molar-refractivity contribution in [2.45, 2.75) is 26.2 Å². The number of imidazole rings is 1. The molecular weight excluding hydrogens is 176 g/mol.